The number of hydrogen-bond donors (Lipinski definition) is 0. The maximum atomic E-state index is 11.0. The first-order valence-corrected chi connectivity index (χ1v) is 8.06. The topological polar surface area (TPSA) is 57.9 Å². The van der Waals surface area contributed by atoms with Crippen LogP contribution in [0.3, 0.4) is 0 Å². The van der Waals surface area contributed by atoms with Gasteiger partial charge in [-0.2, -0.15) is 5.26 Å². The lowest BCUT2D eigenvalue weighted by Crippen LogP contribution is -2.16. The zero-order valence-electron chi connectivity index (χ0n) is 10.2. The van der Waals surface area contributed by atoms with Crippen molar-refractivity contribution in [2.45, 2.75) is 45.4 Å². The average molecular weight is 243 g/mol. The second-order valence-electron chi connectivity index (χ2n) is 5.14. The summed E-state index contributed by atoms with van der Waals surface area (Å²) in [5.74, 6) is 0.880. The monoisotopic (exact) mass is 243 g/mol. The van der Waals surface area contributed by atoms with Gasteiger partial charge in [0.05, 0.1) is 11.5 Å². The summed E-state index contributed by atoms with van der Waals surface area (Å²) in [6.45, 7) is 2.16. The Hall–Kier alpha value is -0.560. The molecule has 16 heavy (non-hydrogen) atoms. The lowest BCUT2D eigenvalue weighted by molar-refractivity contribution is 0.351. The molecule has 1 fully saturated rings. The van der Waals surface area contributed by atoms with Crippen molar-refractivity contribution in [3.63, 3.8) is 0 Å². The molecule has 3 nitrogen and oxygen atoms in total. The van der Waals surface area contributed by atoms with Crippen LogP contribution in [0, 0.1) is 22.7 Å². The highest BCUT2D eigenvalue weighted by Crippen LogP contribution is 2.45. The number of sulfone groups is 1. The van der Waals surface area contributed by atoms with Gasteiger partial charge >= 0.3 is 0 Å². The molecule has 92 valence electrons. The highest BCUT2D eigenvalue weighted by molar-refractivity contribution is 7.90. The molecule has 0 aromatic carbocycles. The van der Waals surface area contributed by atoms with E-state index in [2.05, 4.69) is 13.0 Å². The van der Waals surface area contributed by atoms with Gasteiger partial charge in [0.2, 0.25) is 0 Å². The molecule has 0 aliphatic heterocycles. The van der Waals surface area contributed by atoms with E-state index in [1.807, 2.05) is 0 Å². The predicted molar refractivity (Wildman–Crippen MR) is 64.6 cm³/mol. The summed E-state index contributed by atoms with van der Waals surface area (Å²) >= 11 is 0. The molecule has 0 aromatic heterocycles. The van der Waals surface area contributed by atoms with E-state index in [0.29, 0.717) is 12.3 Å². The van der Waals surface area contributed by atoms with E-state index in [9.17, 15) is 13.7 Å². The van der Waals surface area contributed by atoms with Gasteiger partial charge in [-0.05, 0) is 38.0 Å². The molecule has 0 aromatic rings. The maximum absolute atomic E-state index is 11.0. The summed E-state index contributed by atoms with van der Waals surface area (Å²) in [5.41, 5.74) is -0.231. The number of rotatable bonds is 5. The largest absolute Gasteiger partial charge is 0.229 e. The second-order valence-corrected chi connectivity index (χ2v) is 7.40. The van der Waals surface area contributed by atoms with Crippen LogP contribution in [-0.2, 0) is 9.84 Å². The molecule has 0 N–H and O–H groups in total. The number of nitriles is 1. The van der Waals surface area contributed by atoms with Crippen LogP contribution in [0.15, 0.2) is 0 Å². The predicted octanol–water partition coefficient (Wildman–Crippen LogP) is 2.53. The Labute approximate surface area is 98.8 Å². The standard InChI is InChI=1S/C12H21NO2S/c1-3-11-5-7-12(9-11,10-13)6-4-8-16(2,14)15/h11H,3-9H2,1-2H3. The van der Waals surface area contributed by atoms with Crippen molar-refractivity contribution in [2.75, 3.05) is 12.0 Å². The Balaban J connectivity index is 2.48. The normalized spacial score (nSPS) is 30.2. The van der Waals surface area contributed by atoms with Gasteiger partial charge in [0.15, 0.2) is 0 Å². The minimum atomic E-state index is -2.88. The van der Waals surface area contributed by atoms with Gasteiger partial charge < -0.3 is 0 Å². The first kappa shape index (κ1) is 13.5. The summed E-state index contributed by atoms with van der Waals surface area (Å²) in [4.78, 5) is 0. The van der Waals surface area contributed by atoms with Gasteiger partial charge in [-0.1, -0.05) is 13.3 Å². The van der Waals surface area contributed by atoms with Gasteiger partial charge in [-0.15, -0.1) is 0 Å². The van der Waals surface area contributed by atoms with Gasteiger partial charge in [0, 0.05) is 12.0 Å². The molecule has 0 saturated heterocycles. The minimum absolute atomic E-state index is 0.215. The molecule has 0 spiro atoms. The third kappa shape index (κ3) is 3.79. The molecule has 1 aliphatic rings. The van der Waals surface area contributed by atoms with E-state index in [0.717, 1.165) is 32.1 Å². The van der Waals surface area contributed by atoms with Crippen molar-refractivity contribution in [1.29, 1.82) is 5.26 Å². The maximum Gasteiger partial charge on any atom is 0.147 e. The molecule has 1 aliphatic carbocycles. The van der Waals surface area contributed by atoms with Crippen molar-refractivity contribution in [3.05, 3.63) is 0 Å². The fourth-order valence-corrected chi connectivity index (χ4v) is 3.31. The van der Waals surface area contributed by atoms with Gasteiger partial charge in [-0.3, -0.25) is 0 Å². The van der Waals surface area contributed by atoms with E-state index in [1.54, 1.807) is 0 Å². The smallest absolute Gasteiger partial charge is 0.147 e. The van der Waals surface area contributed by atoms with Crippen LogP contribution >= 0.6 is 0 Å². The van der Waals surface area contributed by atoms with E-state index < -0.39 is 9.84 Å². The Bertz CT molecular complexity index is 369. The first-order chi connectivity index (χ1) is 7.41. The SMILES string of the molecule is CCC1CCC(C#N)(CCCS(C)(=O)=O)C1. The number of nitrogens with zero attached hydrogens (tertiary/aromatic N) is 1. The lowest BCUT2D eigenvalue weighted by atomic mass is 9.82. The third-order valence-corrected chi connectivity index (χ3v) is 4.73. The Kier molecular flexibility index (Phi) is 4.37. The van der Waals surface area contributed by atoms with Gasteiger partial charge in [0.1, 0.15) is 9.84 Å². The highest BCUT2D eigenvalue weighted by atomic mass is 32.2. The fraction of sp³-hybridized carbons (Fsp3) is 0.917. The molecule has 0 radical (unpaired) electrons. The number of hydrogen-bond acceptors (Lipinski definition) is 3. The van der Waals surface area contributed by atoms with Crippen LogP contribution in [0.25, 0.3) is 0 Å². The quantitative estimate of drug-likeness (QED) is 0.745. The van der Waals surface area contributed by atoms with E-state index in [4.69, 9.17) is 0 Å². The molecule has 1 saturated carbocycles. The molecule has 1 rings (SSSR count). The van der Waals surface area contributed by atoms with Crippen LogP contribution in [0.5, 0.6) is 0 Å². The Morgan fingerprint density at radius 3 is 2.62 bits per heavy atom. The summed E-state index contributed by atoms with van der Waals surface area (Å²) in [7, 11) is -2.88. The molecular formula is C12H21NO2S. The van der Waals surface area contributed by atoms with Crippen molar-refractivity contribution in [1.82, 2.24) is 0 Å². The van der Waals surface area contributed by atoms with Crippen LogP contribution in [0.2, 0.25) is 0 Å². The molecule has 0 amide bonds. The van der Waals surface area contributed by atoms with Crippen LogP contribution in [0.1, 0.15) is 45.4 Å². The Morgan fingerprint density at radius 2 is 2.19 bits per heavy atom. The summed E-state index contributed by atoms with van der Waals surface area (Å²) < 4.78 is 22.1. The van der Waals surface area contributed by atoms with Gasteiger partial charge in [-0.25, -0.2) is 8.42 Å². The second kappa shape index (κ2) is 5.18. The third-order valence-electron chi connectivity index (χ3n) is 3.70. The molecule has 2 atom stereocenters. The van der Waals surface area contributed by atoms with Crippen LogP contribution in [-0.4, -0.2) is 20.4 Å². The van der Waals surface area contributed by atoms with Crippen molar-refractivity contribution in [3.8, 4) is 6.07 Å². The van der Waals surface area contributed by atoms with Crippen molar-refractivity contribution in [2.24, 2.45) is 11.3 Å². The minimum Gasteiger partial charge on any atom is -0.229 e. The molecular weight excluding hydrogens is 222 g/mol. The van der Waals surface area contributed by atoms with Crippen molar-refractivity contribution < 1.29 is 8.42 Å². The van der Waals surface area contributed by atoms with Crippen LogP contribution < -0.4 is 0 Å². The van der Waals surface area contributed by atoms with E-state index in [-0.39, 0.29) is 11.2 Å². The summed E-state index contributed by atoms with van der Waals surface area (Å²) in [6.07, 6.45) is 6.80. The fourth-order valence-electron chi connectivity index (χ4n) is 2.64. The zero-order valence-corrected chi connectivity index (χ0v) is 11.0. The Morgan fingerprint density at radius 1 is 1.50 bits per heavy atom. The highest BCUT2D eigenvalue weighted by Gasteiger charge is 2.38. The average Bonchev–Trinajstić information content (AvgIpc) is 2.60. The van der Waals surface area contributed by atoms with Crippen LogP contribution in [0.4, 0.5) is 0 Å². The van der Waals surface area contributed by atoms with E-state index >= 15 is 0 Å². The molecule has 2 unspecified atom stereocenters. The van der Waals surface area contributed by atoms with Crippen molar-refractivity contribution >= 4 is 9.84 Å². The van der Waals surface area contributed by atoms with E-state index in [1.165, 1.54) is 6.26 Å². The summed E-state index contributed by atoms with van der Waals surface area (Å²) in [6, 6.07) is 2.43. The van der Waals surface area contributed by atoms with Gasteiger partial charge in [0.25, 0.3) is 0 Å². The first-order valence-electron chi connectivity index (χ1n) is 6.00. The molecule has 0 heterocycles. The molecule has 0 bridgehead atoms. The lowest BCUT2D eigenvalue weighted by Gasteiger charge is -2.20. The summed E-state index contributed by atoms with van der Waals surface area (Å²) in [5, 5.41) is 9.26. The zero-order chi connectivity index (χ0) is 12.2. The molecule has 4 heteroatoms.